The van der Waals surface area contributed by atoms with Gasteiger partial charge in [-0.3, -0.25) is 0 Å². The zero-order valence-electron chi connectivity index (χ0n) is 22.5. The van der Waals surface area contributed by atoms with E-state index >= 15 is 0 Å². The van der Waals surface area contributed by atoms with Gasteiger partial charge in [-0.05, 0) is 63.0 Å². The van der Waals surface area contributed by atoms with Crippen molar-refractivity contribution in [3.63, 3.8) is 0 Å². The molecule has 0 aliphatic heterocycles. The predicted molar refractivity (Wildman–Crippen MR) is 145 cm³/mol. The Bertz CT molecular complexity index is 1240. The highest BCUT2D eigenvalue weighted by molar-refractivity contribution is 5.96. The van der Waals surface area contributed by atoms with E-state index < -0.39 is 0 Å². The van der Waals surface area contributed by atoms with Crippen molar-refractivity contribution in [2.45, 2.75) is 25.7 Å². The number of methoxy groups -OCH3 is 6. The minimum atomic E-state index is 0.681. The van der Waals surface area contributed by atoms with Gasteiger partial charge in [0.25, 0.3) is 0 Å². The molecular weight excluding hydrogens is 474 g/mol. The molecule has 0 saturated heterocycles. The Kier molecular flexibility index (Phi) is 8.55. The fraction of sp³-hybridized carbons (Fsp3) is 0.429. The number of nitrogens with one attached hydrogen (secondary N) is 3. The van der Waals surface area contributed by atoms with Gasteiger partial charge in [0, 0.05) is 0 Å². The molecule has 4 rings (SSSR count). The second-order valence-corrected chi connectivity index (χ2v) is 8.68. The van der Waals surface area contributed by atoms with Crippen molar-refractivity contribution in [1.29, 1.82) is 0 Å². The molecule has 2 aromatic heterocycles. The first-order valence-electron chi connectivity index (χ1n) is 12.4. The maximum absolute atomic E-state index is 5.74. The SMILES string of the molecule is COc1ccc2[nH]c(CCCNCCCc3[nH]c4ccc(OC)c(OC)c4c3OC)c(OC)c2c1OC. The molecule has 0 radical (unpaired) electrons. The lowest BCUT2D eigenvalue weighted by molar-refractivity contribution is 0.356. The standard InChI is InChI=1S/C28H37N3O6/c1-32-21-13-11-17-23(27(21)36-5)25(34-3)19(30-17)9-7-15-29-16-8-10-20-26(35-4)24-18(31-20)12-14-22(33-2)28(24)37-6/h11-14,29-31H,7-10,15-16H2,1-6H3. The summed E-state index contributed by atoms with van der Waals surface area (Å²) in [5, 5.41) is 5.37. The van der Waals surface area contributed by atoms with Crippen molar-refractivity contribution in [2.24, 2.45) is 0 Å². The van der Waals surface area contributed by atoms with Gasteiger partial charge in [0.15, 0.2) is 34.5 Å². The van der Waals surface area contributed by atoms with Crippen molar-refractivity contribution in [3.8, 4) is 34.5 Å². The van der Waals surface area contributed by atoms with E-state index in [9.17, 15) is 0 Å². The van der Waals surface area contributed by atoms with Crippen LogP contribution in [0, 0.1) is 0 Å². The third kappa shape index (κ3) is 5.09. The van der Waals surface area contributed by atoms with Gasteiger partial charge in [-0.25, -0.2) is 0 Å². The van der Waals surface area contributed by atoms with E-state index in [0.717, 1.165) is 83.5 Å². The highest BCUT2D eigenvalue weighted by Crippen LogP contribution is 2.44. The Hall–Kier alpha value is -3.72. The molecule has 200 valence electrons. The molecule has 9 nitrogen and oxygen atoms in total. The first-order chi connectivity index (χ1) is 18.1. The summed E-state index contributed by atoms with van der Waals surface area (Å²) in [6.07, 6.45) is 3.65. The summed E-state index contributed by atoms with van der Waals surface area (Å²) in [6, 6.07) is 7.78. The number of rotatable bonds is 14. The topological polar surface area (TPSA) is 99.0 Å². The molecule has 9 heteroatoms. The van der Waals surface area contributed by atoms with Crippen LogP contribution in [0.4, 0.5) is 0 Å². The smallest absolute Gasteiger partial charge is 0.173 e. The van der Waals surface area contributed by atoms with Crippen LogP contribution in [0.1, 0.15) is 24.2 Å². The third-order valence-electron chi connectivity index (χ3n) is 6.63. The number of hydrogen-bond acceptors (Lipinski definition) is 7. The fourth-order valence-electron chi connectivity index (χ4n) is 4.96. The molecular formula is C28H37N3O6. The van der Waals surface area contributed by atoms with Gasteiger partial charge in [0.05, 0.1) is 75.9 Å². The maximum atomic E-state index is 5.74. The molecule has 4 aromatic rings. The summed E-state index contributed by atoms with van der Waals surface area (Å²) in [5.74, 6) is 4.35. The van der Waals surface area contributed by atoms with Crippen LogP contribution in [-0.2, 0) is 12.8 Å². The van der Waals surface area contributed by atoms with Crippen molar-refractivity contribution < 1.29 is 28.4 Å². The summed E-state index contributed by atoms with van der Waals surface area (Å²) in [7, 11) is 9.94. The fourth-order valence-corrected chi connectivity index (χ4v) is 4.96. The number of fused-ring (bicyclic) bond motifs is 2. The normalized spacial score (nSPS) is 11.2. The Balaban J connectivity index is 1.33. The summed E-state index contributed by atoms with van der Waals surface area (Å²) < 4.78 is 33.6. The van der Waals surface area contributed by atoms with Crippen molar-refractivity contribution in [2.75, 3.05) is 55.7 Å². The zero-order chi connectivity index (χ0) is 26.4. The van der Waals surface area contributed by atoms with Gasteiger partial charge in [-0.1, -0.05) is 0 Å². The number of hydrogen-bond donors (Lipinski definition) is 3. The minimum absolute atomic E-state index is 0.681. The van der Waals surface area contributed by atoms with Gasteiger partial charge in [-0.2, -0.15) is 0 Å². The summed E-state index contributed by atoms with van der Waals surface area (Å²) in [5.41, 5.74) is 4.05. The number of aromatic amines is 2. The lowest BCUT2D eigenvalue weighted by Crippen LogP contribution is -2.18. The lowest BCUT2D eigenvalue weighted by Gasteiger charge is -2.10. The van der Waals surface area contributed by atoms with E-state index in [2.05, 4.69) is 15.3 Å². The Labute approximate surface area is 217 Å². The van der Waals surface area contributed by atoms with Gasteiger partial charge < -0.3 is 43.7 Å². The van der Waals surface area contributed by atoms with Crippen LogP contribution in [0.5, 0.6) is 34.5 Å². The van der Waals surface area contributed by atoms with Gasteiger partial charge >= 0.3 is 0 Å². The quantitative estimate of drug-likeness (QED) is 0.208. The molecule has 2 aromatic carbocycles. The van der Waals surface area contributed by atoms with Crippen LogP contribution in [0.2, 0.25) is 0 Å². The number of aromatic nitrogens is 2. The monoisotopic (exact) mass is 511 g/mol. The van der Waals surface area contributed by atoms with Gasteiger partial charge in [0.2, 0.25) is 0 Å². The van der Waals surface area contributed by atoms with Crippen molar-refractivity contribution in [3.05, 3.63) is 35.7 Å². The van der Waals surface area contributed by atoms with E-state index in [1.807, 2.05) is 24.3 Å². The molecule has 0 saturated carbocycles. The summed E-state index contributed by atoms with van der Waals surface area (Å²) in [6.45, 7) is 1.79. The van der Waals surface area contributed by atoms with Crippen LogP contribution >= 0.6 is 0 Å². The third-order valence-corrected chi connectivity index (χ3v) is 6.63. The predicted octanol–water partition coefficient (Wildman–Crippen LogP) is 4.86. The molecule has 0 unspecified atom stereocenters. The minimum Gasteiger partial charge on any atom is -0.494 e. The molecule has 0 aliphatic carbocycles. The van der Waals surface area contributed by atoms with Gasteiger partial charge in [0.1, 0.15) is 0 Å². The average Bonchev–Trinajstić information content (AvgIpc) is 3.48. The van der Waals surface area contributed by atoms with Crippen molar-refractivity contribution >= 4 is 21.8 Å². The number of benzene rings is 2. The van der Waals surface area contributed by atoms with Crippen molar-refractivity contribution in [1.82, 2.24) is 15.3 Å². The van der Waals surface area contributed by atoms with Gasteiger partial charge in [-0.15, -0.1) is 0 Å². The first kappa shape index (κ1) is 26.3. The zero-order valence-corrected chi connectivity index (χ0v) is 22.5. The summed E-state index contributed by atoms with van der Waals surface area (Å²) in [4.78, 5) is 6.96. The van der Waals surface area contributed by atoms with E-state index in [4.69, 9.17) is 28.4 Å². The van der Waals surface area contributed by atoms with Crippen LogP contribution in [0.3, 0.4) is 0 Å². The van der Waals surface area contributed by atoms with Crippen LogP contribution in [0.25, 0.3) is 21.8 Å². The summed E-state index contributed by atoms with van der Waals surface area (Å²) >= 11 is 0. The number of aryl methyl sites for hydroxylation is 2. The second kappa shape index (κ2) is 12.0. The molecule has 0 amide bonds. The van der Waals surface area contributed by atoms with E-state index in [-0.39, 0.29) is 0 Å². The van der Waals surface area contributed by atoms with Crippen LogP contribution in [0.15, 0.2) is 24.3 Å². The Morgan fingerprint density at radius 3 is 1.30 bits per heavy atom. The molecule has 0 fully saturated rings. The average molecular weight is 512 g/mol. The highest BCUT2D eigenvalue weighted by atomic mass is 16.5. The maximum Gasteiger partial charge on any atom is 0.173 e. The van der Waals surface area contributed by atoms with E-state index in [1.165, 1.54) is 0 Å². The Morgan fingerprint density at radius 2 is 0.946 bits per heavy atom. The molecule has 2 heterocycles. The van der Waals surface area contributed by atoms with Crippen LogP contribution in [-0.4, -0.2) is 65.7 Å². The molecule has 3 N–H and O–H groups in total. The van der Waals surface area contributed by atoms with E-state index in [0.29, 0.717) is 23.0 Å². The molecule has 0 atom stereocenters. The Morgan fingerprint density at radius 1 is 0.541 bits per heavy atom. The second-order valence-electron chi connectivity index (χ2n) is 8.68. The molecule has 0 aliphatic rings. The number of ether oxygens (including phenoxy) is 6. The molecule has 37 heavy (non-hydrogen) atoms. The molecule has 0 bridgehead atoms. The highest BCUT2D eigenvalue weighted by Gasteiger charge is 2.20. The van der Waals surface area contributed by atoms with E-state index in [1.54, 1.807) is 42.7 Å². The molecule has 0 spiro atoms. The first-order valence-corrected chi connectivity index (χ1v) is 12.4. The number of H-pyrrole nitrogens is 2. The van der Waals surface area contributed by atoms with Crippen LogP contribution < -0.4 is 33.7 Å². The largest absolute Gasteiger partial charge is 0.494 e. The lowest BCUT2D eigenvalue weighted by atomic mass is 10.1.